The maximum atomic E-state index is 14.8. The highest BCUT2D eigenvalue weighted by atomic mass is 35.5. The first-order valence-electron chi connectivity index (χ1n) is 14.4. The normalized spacial score (nSPS) is 17.1. The van der Waals surface area contributed by atoms with Crippen LogP contribution in [0.25, 0.3) is 11.3 Å². The van der Waals surface area contributed by atoms with Gasteiger partial charge in [-0.3, -0.25) is 14.4 Å². The third-order valence-electron chi connectivity index (χ3n) is 7.61. The van der Waals surface area contributed by atoms with Crippen molar-refractivity contribution in [2.45, 2.75) is 12.1 Å². The summed E-state index contributed by atoms with van der Waals surface area (Å²) < 4.78 is 35.4. The fourth-order valence-electron chi connectivity index (χ4n) is 5.12. The number of benzene rings is 2. The van der Waals surface area contributed by atoms with Crippen LogP contribution in [0.15, 0.2) is 36.5 Å². The van der Waals surface area contributed by atoms with Crippen molar-refractivity contribution in [2.24, 2.45) is 7.05 Å². The third-order valence-corrected chi connectivity index (χ3v) is 7.92. The second-order valence-electron chi connectivity index (χ2n) is 10.5. The zero-order valence-corrected chi connectivity index (χ0v) is 26.2. The van der Waals surface area contributed by atoms with Gasteiger partial charge in [0.25, 0.3) is 18.3 Å². The fourth-order valence-corrected chi connectivity index (χ4v) is 5.38. The van der Waals surface area contributed by atoms with Gasteiger partial charge in [0.15, 0.2) is 24.0 Å². The van der Waals surface area contributed by atoms with Gasteiger partial charge in [-0.15, -0.1) is 0 Å². The van der Waals surface area contributed by atoms with E-state index in [2.05, 4.69) is 20.9 Å². The Morgan fingerprint density at radius 2 is 1.83 bits per heavy atom. The number of rotatable bonds is 7. The molecule has 0 saturated carbocycles. The number of nitrogens with one attached hydrogen (secondary N) is 3. The molecule has 0 aliphatic carbocycles. The summed E-state index contributed by atoms with van der Waals surface area (Å²) in [6.07, 6.45) is 0.569. The van der Waals surface area contributed by atoms with Crippen molar-refractivity contribution in [3.05, 3.63) is 64.6 Å². The monoisotopic (exact) mass is 688 g/mol. The molecule has 3 aromatic rings. The molecular formula is C30H31ClF2N8O7. The van der Waals surface area contributed by atoms with Gasteiger partial charge in [-0.2, -0.15) is 9.65 Å². The minimum absolute atomic E-state index is 0.0949. The summed E-state index contributed by atoms with van der Waals surface area (Å²) in [5, 5.41) is 33.9. The quantitative estimate of drug-likeness (QED) is 0.227. The summed E-state index contributed by atoms with van der Waals surface area (Å²) in [7, 11) is 1.46. The Kier molecular flexibility index (Phi) is 11.8. The Balaban J connectivity index is 0.00000167. The molecule has 15 nitrogen and oxygen atoms in total. The number of ether oxygens (including phenoxy) is 1. The SMILES string of the molecule is Cn1c(-c2ccc(OCC#N)c(F)c2F)cnc1C(=O)Nc1ccc(C(=O)N2CCN(C(=O)N[C@@H]3CNC[C@H]3O)CC2)c(Cl)c1.O=CO. The van der Waals surface area contributed by atoms with E-state index in [0.29, 0.717) is 26.2 Å². The number of imidazole rings is 1. The van der Waals surface area contributed by atoms with Crippen LogP contribution in [0.4, 0.5) is 19.3 Å². The van der Waals surface area contributed by atoms with Gasteiger partial charge in [-0.1, -0.05) is 11.6 Å². The molecule has 0 unspecified atom stereocenters. The van der Waals surface area contributed by atoms with Crippen LogP contribution in [0.1, 0.15) is 21.0 Å². The fraction of sp³-hybridized carbons (Fsp3) is 0.333. The molecule has 2 aliphatic heterocycles. The Bertz CT molecular complexity index is 1730. The number of carboxylic acid groups (broad SMARTS) is 1. The highest BCUT2D eigenvalue weighted by Gasteiger charge is 2.31. The van der Waals surface area contributed by atoms with Crippen LogP contribution >= 0.6 is 11.6 Å². The number of aliphatic hydroxyl groups is 1. The maximum Gasteiger partial charge on any atom is 0.317 e. The molecule has 0 radical (unpaired) electrons. The number of halogens is 3. The lowest BCUT2D eigenvalue weighted by Gasteiger charge is -2.35. The second-order valence-corrected chi connectivity index (χ2v) is 10.9. The van der Waals surface area contributed by atoms with Gasteiger partial charge in [-0.25, -0.2) is 14.2 Å². The number of hydrogen-bond acceptors (Lipinski definition) is 9. The zero-order chi connectivity index (χ0) is 35.0. The average Bonchev–Trinajstić information content (AvgIpc) is 3.66. The molecule has 18 heteroatoms. The average molecular weight is 689 g/mol. The Hall–Kier alpha value is -5.31. The third kappa shape index (κ3) is 7.97. The van der Waals surface area contributed by atoms with Gasteiger partial charge >= 0.3 is 6.03 Å². The first-order chi connectivity index (χ1) is 23.0. The number of aliphatic hydroxyl groups excluding tert-OH is 1. The summed E-state index contributed by atoms with van der Waals surface area (Å²) in [4.78, 5) is 54.3. The first kappa shape index (κ1) is 35.5. The predicted molar refractivity (Wildman–Crippen MR) is 166 cm³/mol. The smallest absolute Gasteiger partial charge is 0.317 e. The largest absolute Gasteiger partial charge is 0.483 e. The number of carbonyl (C=O) groups excluding carboxylic acids is 3. The van der Waals surface area contributed by atoms with Crippen LogP contribution in [0.5, 0.6) is 5.75 Å². The Morgan fingerprint density at radius 1 is 1.15 bits per heavy atom. The molecule has 2 fully saturated rings. The Labute approximate surface area is 277 Å². The first-order valence-corrected chi connectivity index (χ1v) is 14.8. The second kappa shape index (κ2) is 16.0. The van der Waals surface area contributed by atoms with E-state index in [1.165, 1.54) is 48.1 Å². The van der Waals surface area contributed by atoms with Crippen molar-refractivity contribution in [2.75, 3.05) is 51.2 Å². The lowest BCUT2D eigenvalue weighted by molar-refractivity contribution is -0.122. The van der Waals surface area contributed by atoms with Crippen LogP contribution in [0.2, 0.25) is 5.02 Å². The molecular weight excluding hydrogens is 658 g/mol. The molecule has 0 spiro atoms. The summed E-state index contributed by atoms with van der Waals surface area (Å²) in [6, 6.07) is 7.84. The predicted octanol–water partition coefficient (Wildman–Crippen LogP) is 1.67. The molecule has 0 bridgehead atoms. The molecule has 48 heavy (non-hydrogen) atoms. The number of nitriles is 1. The number of anilines is 1. The number of aromatic nitrogens is 2. The number of nitrogens with zero attached hydrogens (tertiary/aromatic N) is 5. The standard InChI is InChI=1S/C29H29ClF2N8O5.CH2O2/c1-38-21(18-4-5-23(45-11-6-33)25(32)24(18)31)14-35-26(38)27(42)36-16-2-3-17(19(30)12-16)28(43)39-7-9-40(10-8-39)29(44)37-20-13-34-15-22(20)41;2-1-3/h2-5,12,14,20,22,34,41H,7-11,13,15H2,1H3,(H,36,42)(H,37,44);1H,(H,2,3)/t20-,22-;/m1./s1. The summed E-state index contributed by atoms with van der Waals surface area (Å²) >= 11 is 6.42. The van der Waals surface area contributed by atoms with Crippen molar-refractivity contribution in [3.8, 4) is 23.1 Å². The van der Waals surface area contributed by atoms with E-state index in [0.717, 1.165) is 0 Å². The van der Waals surface area contributed by atoms with E-state index >= 15 is 0 Å². The number of β-amino-alcohol motifs (C(OH)–C–C–N with tert-alkyl or cyclic N) is 1. The number of carbonyl (C=O) groups is 4. The topological polar surface area (TPSA) is 202 Å². The van der Waals surface area contributed by atoms with E-state index in [9.17, 15) is 28.3 Å². The lowest BCUT2D eigenvalue weighted by atomic mass is 10.1. The van der Waals surface area contributed by atoms with E-state index in [1.807, 2.05) is 0 Å². The van der Waals surface area contributed by atoms with Gasteiger partial charge in [0.2, 0.25) is 5.82 Å². The van der Waals surface area contributed by atoms with Crippen LogP contribution in [0, 0.1) is 23.0 Å². The molecule has 2 aliphatic rings. The van der Waals surface area contributed by atoms with Crippen molar-refractivity contribution < 1.29 is 42.9 Å². The van der Waals surface area contributed by atoms with Gasteiger partial charge in [-0.05, 0) is 30.3 Å². The summed E-state index contributed by atoms with van der Waals surface area (Å²) in [5.41, 5.74) is 0.440. The van der Waals surface area contributed by atoms with Crippen LogP contribution in [-0.2, 0) is 11.8 Å². The summed E-state index contributed by atoms with van der Waals surface area (Å²) in [6.45, 7) is 1.39. The molecule has 4 amide bonds. The number of piperazine rings is 1. The maximum absolute atomic E-state index is 14.8. The number of amides is 4. The van der Waals surface area contributed by atoms with Gasteiger partial charge in [0.1, 0.15) is 6.07 Å². The molecule has 2 saturated heterocycles. The lowest BCUT2D eigenvalue weighted by Crippen LogP contribution is -2.56. The molecule has 254 valence electrons. The molecule has 5 N–H and O–H groups in total. The van der Waals surface area contributed by atoms with Crippen LogP contribution in [-0.4, -0.2) is 112 Å². The molecule has 2 atom stereocenters. The van der Waals surface area contributed by atoms with Crippen molar-refractivity contribution in [1.29, 1.82) is 5.26 Å². The molecule has 2 aromatic carbocycles. The minimum atomic E-state index is -1.27. The van der Waals surface area contributed by atoms with Gasteiger partial charge in [0, 0.05) is 57.6 Å². The molecule has 3 heterocycles. The van der Waals surface area contributed by atoms with Crippen molar-refractivity contribution >= 4 is 41.6 Å². The van der Waals surface area contributed by atoms with E-state index in [4.69, 9.17) is 31.5 Å². The van der Waals surface area contributed by atoms with Crippen LogP contribution < -0.4 is 20.7 Å². The number of urea groups is 1. The molecule has 1 aromatic heterocycles. The van der Waals surface area contributed by atoms with E-state index in [1.54, 1.807) is 15.9 Å². The Morgan fingerprint density at radius 3 is 2.46 bits per heavy atom. The van der Waals surface area contributed by atoms with E-state index < -0.39 is 36.0 Å². The van der Waals surface area contributed by atoms with Gasteiger partial charge < -0.3 is 45.3 Å². The zero-order valence-electron chi connectivity index (χ0n) is 25.5. The highest BCUT2D eigenvalue weighted by molar-refractivity contribution is 6.34. The summed E-state index contributed by atoms with van der Waals surface area (Å²) in [5.74, 6) is -4.01. The highest BCUT2D eigenvalue weighted by Crippen LogP contribution is 2.30. The minimum Gasteiger partial charge on any atom is -0.483 e. The van der Waals surface area contributed by atoms with Crippen LogP contribution in [0.3, 0.4) is 0 Å². The van der Waals surface area contributed by atoms with Gasteiger partial charge in [0.05, 0.1) is 34.6 Å². The number of hydrogen-bond donors (Lipinski definition) is 5. The molecule has 5 rings (SSSR count). The van der Waals surface area contributed by atoms with E-state index in [-0.39, 0.29) is 70.9 Å². The van der Waals surface area contributed by atoms with Crippen molar-refractivity contribution in [1.82, 2.24) is 30.0 Å². The van der Waals surface area contributed by atoms with Crippen molar-refractivity contribution in [3.63, 3.8) is 0 Å².